The maximum absolute atomic E-state index is 5.00. The number of likely N-dealkylation sites (tertiary alicyclic amines) is 1. The first kappa shape index (κ1) is 8.97. The Kier molecular flexibility index (Phi) is 3.83. The lowest BCUT2D eigenvalue weighted by molar-refractivity contribution is 0.160. The molecule has 0 aromatic rings. The summed E-state index contributed by atoms with van der Waals surface area (Å²) in [6.45, 7) is 4.21. The van der Waals surface area contributed by atoms with Crippen LogP contribution in [0.1, 0.15) is 6.42 Å². The zero-order chi connectivity index (χ0) is 8.10. The predicted octanol–water partition coefficient (Wildman–Crippen LogP) is -0.0587. The average Bonchev–Trinajstić information content (AvgIpc) is 2.48. The van der Waals surface area contributed by atoms with E-state index in [0.29, 0.717) is 6.04 Å². The molecule has 1 rings (SSSR count). The van der Waals surface area contributed by atoms with Gasteiger partial charge in [-0.25, -0.2) is 5.32 Å². The van der Waals surface area contributed by atoms with Crippen LogP contribution in [0.3, 0.4) is 0 Å². The van der Waals surface area contributed by atoms with Gasteiger partial charge in [0.25, 0.3) is 0 Å². The van der Waals surface area contributed by atoms with E-state index in [1.54, 1.807) is 7.11 Å². The maximum Gasteiger partial charge on any atom is 0.0589 e. The second-order valence-electron chi connectivity index (χ2n) is 2.99. The molecule has 0 aromatic carbocycles. The third kappa shape index (κ3) is 2.77. The van der Waals surface area contributed by atoms with Crippen molar-refractivity contribution in [1.29, 1.82) is 0 Å². The molecule has 0 saturated carbocycles. The van der Waals surface area contributed by atoms with Crippen LogP contribution in [0.4, 0.5) is 0 Å². The molecule has 0 N–H and O–H groups in total. The van der Waals surface area contributed by atoms with Crippen molar-refractivity contribution in [3.05, 3.63) is 0 Å². The van der Waals surface area contributed by atoms with Gasteiger partial charge in [0.05, 0.1) is 6.61 Å². The van der Waals surface area contributed by atoms with E-state index in [9.17, 15) is 0 Å². The topological polar surface area (TPSA) is 26.6 Å². The lowest BCUT2D eigenvalue weighted by Gasteiger charge is -2.13. The van der Waals surface area contributed by atoms with Gasteiger partial charge in [0.1, 0.15) is 0 Å². The number of nitrogens with zero attached hydrogens (tertiary/aromatic N) is 2. The Labute approximate surface area is 68.7 Å². The molecule has 1 heterocycles. The van der Waals surface area contributed by atoms with E-state index >= 15 is 0 Å². The fourth-order valence-corrected chi connectivity index (χ4v) is 1.45. The van der Waals surface area contributed by atoms with E-state index in [-0.39, 0.29) is 0 Å². The molecule has 1 saturated heterocycles. The summed E-state index contributed by atoms with van der Waals surface area (Å²) in [5, 5.41) is 4.26. The molecule has 11 heavy (non-hydrogen) atoms. The second-order valence-corrected chi connectivity index (χ2v) is 2.99. The van der Waals surface area contributed by atoms with Crippen molar-refractivity contribution in [2.45, 2.75) is 12.5 Å². The smallest absolute Gasteiger partial charge is 0.0589 e. The van der Waals surface area contributed by atoms with Crippen molar-refractivity contribution in [2.24, 2.45) is 0 Å². The summed E-state index contributed by atoms with van der Waals surface area (Å²) in [5.74, 6) is 0. The predicted molar refractivity (Wildman–Crippen MR) is 44.8 cm³/mol. The van der Waals surface area contributed by atoms with Crippen molar-refractivity contribution < 1.29 is 4.74 Å². The van der Waals surface area contributed by atoms with Gasteiger partial charge < -0.3 is 4.74 Å². The van der Waals surface area contributed by atoms with E-state index in [4.69, 9.17) is 4.74 Å². The summed E-state index contributed by atoms with van der Waals surface area (Å²) in [4.78, 5) is 2.40. The van der Waals surface area contributed by atoms with E-state index in [2.05, 4.69) is 10.2 Å². The van der Waals surface area contributed by atoms with Gasteiger partial charge in [0, 0.05) is 33.3 Å². The van der Waals surface area contributed by atoms with Crippen LogP contribution in [-0.4, -0.2) is 51.3 Å². The van der Waals surface area contributed by atoms with E-state index in [1.165, 1.54) is 13.0 Å². The van der Waals surface area contributed by atoms with Crippen LogP contribution >= 0.6 is 0 Å². The third-order valence-electron chi connectivity index (χ3n) is 2.22. The van der Waals surface area contributed by atoms with Gasteiger partial charge in [0.15, 0.2) is 0 Å². The van der Waals surface area contributed by atoms with Crippen LogP contribution in [0.2, 0.25) is 0 Å². The number of likely N-dealkylation sites (N-methyl/N-ethyl adjacent to an activating group) is 1. The fourth-order valence-electron chi connectivity index (χ4n) is 1.45. The first-order valence-electron chi connectivity index (χ1n) is 4.17. The summed E-state index contributed by atoms with van der Waals surface area (Å²) in [5.41, 5.74) is 0. The molecule has 0 amide bonds. The highest BCUT2D eigenvalue weighted by atomic mass is 16.5. The molecule has 1 aliphatic heterocycles. The van der Waals surface area contributed by atoms with Gasteiger partial charge in [-0.2, -0.15) is 0 Å². The maximum atomic E-state index is 5.00. The minimum atomic E-state index is 0.576. The van der Waals surface area contributed by atoms with Crippen molar-refractivity contribution in [3.63, 3.8) is 0 Å². The van der Waals surface area contributed by atoms with Gasteiger partial charge in [-0.15, -0.1) is 0 Å². The number of methoxy groups -OCH3 is 1. The first-order valence-corrected chi connectivity index (χ1v) is 4.17. The van der Waals surface area contributed by atoms with E-state index < -0.39 is 0 Å². The lowest BCUT2D eigenvalue weighted by atomic mass is 10.3. The molecule has 0 bridgehead atoms. The van der Waals surface area contributed by atoms with Crippen molar-refractivity contribution in [2.75, 3.05) is 40.4 Å². The summed E-state index contributed by atoms with van der Waals surface area (Å²) in [6.07, 6.45) is 1.22. The quantitative estimate of drug-likeness (QED) is 0.571. The monoisotopic (exact) mass is 157 g/mol. The highest BCUT2D eigenvalue weighted by Crippen LogP contribution is 2.08. The number of rotatable bonds is 4. The van der Waals surface area contributed by atoms with Gasteiger partial charge in [-0.3, -0.25) is 4.90 Å². The molecule has 0 aliphatic carbocycles. The Balaban J connectivity index is 2.09. The van der Waals surface area contributed by atoms with Gasteiger partial charge in [-0.1, -0.05) is 0 Å². The minimum absolute atomic E-state index is 0.576. The zero-order valence-corrected chi connectivity index (χ0v) is 7.42. The summed E-state index contributed by atoms with van der Waals surface area (Å²) < 4.78 is 5.00. The number of hydrogen-bond donors (Lipinski definition) is 0. The van der Waals surface area contributed by atoms with Gasteiger partial charge in [-0.05, 0) is 13.0 Å². The Hall–Kier alpha value is -0.120. The molecule has 3 heteroatoms. The highest BCUT2D eigenvalue weighted by molar-refractivity contribution is 4.78. The first-order chi connectivity index (χ1) is 5.36. The molecular formula is C8H17N2O. The highest BCUT2D eigenvalue weighted by Gasteiger charge is 2.20. The lowest BCUT2D eigenvalue weighted by Crippen LogP contribution is -2.28. The van der Waals surface area contributed by atoms with Crippen molar-refractivity contribution >= 4 is 0 Å². The number of ether oxygens (including phenoxy) is 1. The molecule has 1 atom stereocenters. The Morgan fingerprint density at radius 3 is 3.00 bits per heavy atom. The van der Waals surface area contributed by atoms with Crippen LogP contribution in [0.15, 0.2) is 0 Å². The second kappa shape index (κ2) is 4.70. The molecule has 1 aliphatic rings. The average molecular weight is 157 g/mol. The number of hydrogen-bond acceptors (Lipinski definition) is 2. The Bertz CT molecular complexity index is 108. The van der Waals surface area contributed by atoms with Crippen LogP contribution in [0.25, 0.3) is 0 Å². The van der Waals surface area contributed by atoms with Gasteiger partial charge >= 0.3 is 0 Å². The van der Waals surface area contributed by atoms with E-state index in [0.717, 1.165) is 19.7 Å². The normalized spacial score (nSPS) is 26.2. The zero-order valence-electron chi connectivity index (χ0n) is 7.42. The molecule has 1 unspecified atom stereocenters. The third-order valence-corrected chi connectivity index (χ3v) is 2.22. The Morgan fingerprint density at radius 1 is 1.64 bits per heavy atom. The Morgan fingerprint density at radius 2 is 2.45 bits per heavy atom. The molecule has 0 aromatic heterocycles. The summed E-state index contributed by atoms with van der Waals surface area (Å²) in [7, 11) is 3.65. The van der Waals surface area contributed by atoms with Crippen molar-refractivity contribution in [1.82, 2.24) is 10.2 Å². The molecule has 0 spiro atoms. The minimum Gasteiger partial charge on any atom is -0.383 e. The van der Waals surface area contributed by atoms with E-state index in [1.807, 2.05) is 7.05 Å². The molecule has 3 nitrogen and oxygen atoms in total. The van der Waals surface area contributed by atoms with Crippen LogP contribution < -0.4 is 5.32 Å². The largest absolute Gasteiger partial charge is 0.383 e. The van der Waals surface area contributed by atoms with Gasteiger partial charge in [0.2, 0.25) is 0 Å². The van der Waals surface area contributed by atoms with Crippen molar-refractivity contribution in [3.8, 4) is 0 Å². The van der Waals surface area contributed by atoms with Crippen LogP contribution in [0, 0.1) is 0 Å². The standard InChI is InChI=1S/C8H17N2O/c1-9-8-3-4-10(7-8)5-6-11-2/h8H,3-7H2,1-2H3. The SMILES string of the molecule is C[N]C1CCN(CCOC)C1. The molecule has 65 valence electrons. The van der Waals surface area contributed by atoms with Crippen LogP contribution in [0.5, 0.6) is 0 Å². The summed E-state index contributed by atoms with van der Waals surface area (Å²) >= 11 is 0. The fraction of sp³-hybridized carbons (Fsp3) is 1.00. The summed E-state index contributed by atoms with van der Waals surface area (Å²) in [6, 6.07) is 0.576. The van der Waals surface area contributed by atoms with Crippen LogP contribution in [-0.2, 0) is 4.74 Å². The molecule has 1 radical (unpaired) electrons. The molecule has 1 fully saturated rings. The molecular weight excluding hydrogens is 140 g/mol.